The van der Waals surface area contributed by atoms with Crippen molar-refractivity contribution in [2.24, 2.45) is 0 Å². The van der Waals surface area contributed by atoms with E-state index >= 15 is 0 Å². The maximum absolute atomic E-state index is 12.9. The minimum Gasteiger partial charge on any atom is -0.465 e. The molecule has 9 heteroatoms. The van der Waals surface area contributed by atoms with Gasteiger partial charge in [0.15, 0.2) is 0 Å². The van der Waals surface area contributed by atoms with Crippen LogP contribution in [-0.4, -0.2) is 98.5 Å². The molecule has 0 aromatic carbocycles. The quantitative estimate of drug-likeness (QED) is 0.0367. The second-order valence-corrected chi connectivity index (χ2v) is 15.9. The van der Waals surface area contributed by atoms with Gasteiger partial charge in [-0.2, -0.15) is 0 Å². The number of nitrogens with zero attached hydrogens (tertiary/aromatic N) is 2. The first-order valence-electron chi connectivity index (χ1n) is 23.5. The SMILES string of the molecule is CCCCCCCCCCCOC(=O)CN(CCCCO)CCCN(CC(=O)OCCCCCCCCCCC)CC(=O)OCCCCCCCCCCC. The summed E-state index contributed by atoms with van der Waals surface area (Å²) < 4.78 is 16.8. The van der Waals surface area contributed by atoms with Gasteiger partial charge in [-0.3, -0.25) is 24.2 Å². The van der Waals surface area contributed by atoms with Gasteiger partial charge in [-0.25, -0.2) is 0 Å². The zero-order valence-corrected chi connectivity index (χ0v) is 36.6. The highest BCUT2D eigenvalue weighted by molar-refractivity contribution is 5.75. The fourth-order valence-corrected chi connectivity index (χ4v) is 6.93. The largest absolute Gasteiger partial charge is 0.465 e. The number of carbonyl (C=O) groups excluding carboxylic acids is 3. The summed E-state index contributed by atoms with van der Waals surface area (Å²) in [5.74, 6) is -0.849. The number of rotatable bonds is 44. The lowest BCUT2D eigenvalue weighted by molar-refractivity contribution is -0.149. The Kier molecular flexibility index (Phi) is 42.1. The lowest BCUT2D eigenvalue weighted by Gasteiger charge is -2.24. The van der Waals surface area contributed by atoms with Crippen LogP contribution in [0.3, 0.4) is 0 Å². The van der Waals surface area contributed by atoms with E-state index in [0.29, 0.717) is 52.3 Å². The Balaban J connectivity index is 4.78. The van der Waals surface area contributed by atoms with Gasteiger partial charge in [0.1, 0.15) is 0 Å². The van der Waals surface area contributed by atoms with E-state index in [1.54, 1.807) is 0 Å². The molecule has 0 saturated heterocycles. The molecule has 0 heterocycles. The van der Waals surface area contributed by atoms with E-state index in [4.69, 9.17) is 14.2 Å². The monoisotopic (exact) mass is 783 g/mol. The van der Waals surface area contributed by atoms with Crippen molar-refractivity contribution in [1.29, 1.82) is 0 Å². The molecule has 9 nitrogen and oxygen atoms in total. The number of aliphatic hydroxyl groups excluding tert-OH is 1. The molecule has 0 aliphatic heterocycles. The molecule has 0 rings (SSSR count). The Hall–Kier alpha value is -1.71. The summed E-state index contributed by atoms with van der Waals surface area (Å²) in [5.41, 5.74) is 0. The van der Waals surface area contributed by atoms with E-state index in [-0.39, 0.29) is 44.1 Å². The van der Waals surface area contributed by atoms with Crippen molar-refractivity contribution in [3.05, 3.63) is 0 Å². The summed E-state index contributed by atoms with van der Waals surface area (Å²) in [7, 11) is 0. The molecule has 1 N–H and O–H groups in total. The van der Waals surface area contributed by atoms with Crippen LogP contribution in [-0.2, 0) is 28.6 Å². The Morgan fingerprint density at radius 2 is 0.618 bits per heavy atom. The fourth-order valence-electron chi connectivity index (χ4n) is 6.93. The first kappa shape index (κ1) is 53.3. The molecule has 0 amide bonds. The first-order valence-corrected chi connectivity index (χ1v) is 23.5. The Morgan fingerprint density at radius 1 is 0.345 bits per heavy atom. The number of hydrogen-bond donors (Lipinski definition) is 1. The lowest BCUT2D eigenvalue weighted by atomic mass is 10.1. The molecule has 0 aliphatic carbocycles. The predicted octanol–water partition coefficient (Wildman–Crippen LogP) is 11.0. The van der Waals surface area contributed by atoms with Crippen LogP contribution < -0.4 is 0 Å². The zero-order chi connectivity index (χ0) is 40.3. The summed E-state index contributed by atoms with van der Waals surface area (Å²) in [4.78, 5) is 42.3. The number of esters is 3. The van der Waals surface area contributed by atoms with Crippen molar-refractivity contribution in [2.45, 2.75) is 213 Å². The predicted molar refractivity (Wildman–Crippen MR) is 228 cm³/mol. The number of hydrogen-bond acceptors (Lipinski definition) is 9. The molecular weight excluding hydrogens is 693 g/mol. The second-order valence-electron chi connectivity index (χ2n) is 15.9. The Labute approximate surface area is 339 Å². The summed E-state index contributed by atoms with van der Waals surface area (Å²) in [6.45, 7) is 10.2. The molecule has 0 fully saturated rings. The summed E-state index contributed by atoms with van der Waals surface area (Å²) >= 11 is 0. The number of aliphatic hydroxyl groups is 1. The van der Waals surface area contributed by atoms with Gasteiger partial charge >= 0.3 is 17.9 Å². The lowest BCUT2D eigenvalue weighted by Crippen LogP contribution is -2.39. The highest BCUT2D eigenvalue weighted by Crippen LogP contribution is 2.12. The average Bonchev–Trinajstić information content (AvgIpc) is 3.17. The maximum atomic E-state index is 12.9. The third-order valence-electron chi connectivity index (χ3n) is 10.4. The van der Waals surface area contributed by atoms with Crippen molar-refractivity contribution < 1.29 is 33.7 Å². The molecule has 0 aromatic heterocycles. The minimum atomic E-state index is -0.314. The third kappa shape index (κ3) is 40.3. The molecule has 0 unspecified atom stereocenters. The van der Waals surface area contributed by atoms with Crippen LogP contribution in [0.4, 0.5) is 0 Å². The molecule has 55 heavy (non-hydrogen) atoms. The van der Waals surface area contributed by atoms with Gasteiger partial charge in [0.25, 0.3) is 0 Å². The van der Waals surface area contributed by atoms with Crippen molar-refractivity contribution in [1.82, 2.24) is 9.80 Å². The summed E-state index contributed by atoms with van der Waals surface area (Å²) in [5, 5.41) is 9.34. The molecule has 0 aliphatic rings. The molecule has 0 saturated carbocycles. The molecule has 0 atom stereocenters. The van der Waals surface area contributed by atoms with E-state index in [1.807, 2.05) is 4.90 Å². The van der Waals surface area contributed by atoms with Gasteiger partial charge in [-0.15, -0.1) is 0 Å². The highest BCUT2D eigenvalue weighted by Gasteiger charge is 2.18. The molecule has 0 radical (unpaired) electrons. The van der Waals surface area contributed by atoms with E-state index in [9.17, 15) is 19.5 Å². The van der Waals surface area contributed by atoms with Crippen LogP contribution in [0.2, 0.25) is 0 Å². The van der Waals surface area contributed by atoms with Gasteiger partial charge in [0.2, 0.25) is 0 Å². The Morgan fingerprint density at radius 3 is 0.945 bits per heavy atom. The van der Waals surface area contributed by atoms with E-state index in [0.717, 1.165) is 44.9 Å². The summed E-state index contributed by atoms with van der Waals surface area (Å²) in [6.07, 6.45) is 34.7. The second kappa shape index (κ2) is 43.4. The zero-order valence-electron chi connectivity index (χ0n) is 36.6. The smallest absolute Gasteiger partial charge is 0.320 e. The fraction of sp³-hybridized carbons (Fsp3) is 0.935. The van der Waals surface area contributed by atoms with Crippen LogP contribution in [0.25, 0.3) is 0 Å². The molecule has 326 valence electrons. The molecule has 0 aromatic rings. The molecule has 0 bridgehead atoms. The standard InChI is InChI=1S/C46H90N2O7/c1-4-7-10-13-16-19-22-25-30-38-53-44(50)41-47(34-28-29-37-49)35-33-36-48(42-45(51)54-39-31-26-23-20-17-14-11-8-5-2)43-46(52)55-40-32-27-24-21-18-15-12-9-6-3/h49H,4-43H2,1-3H3. The topological polar surface area (TPSA) is 106 Å². The van der Waals surface area contributed by atoms with Crippen molar-refractivity contribution in [3.8, 4) is 0 Å². The number of carbonyl (C=O) groups is 3. The third-order valence-corrected chi connectivity index (χ3v) is 10.4. The van der Waals surface area contributed by atoms with E-state index < -0.39 is 0 Å². The van der Waals surface area contributed by atoms with Crippen LogP contribution in [0.1, 0.15) is 213 Å². The normalized spacial score (nSPS) is 11.5. The maximum Gasteiger partial charge on any atom is 0.320 e. The van der Waals surface area contributed by atoms with Crippen LogP contribution in [0, 0.1) is 0 Å². The van der Waals surface area contributed by atoms with Gasteiger partial charge in [0.05, 0.1) is 39.5 Å². The van der Waals surface area contributed by atoms with Crippen molar-refractivity contribution in [2.75, 3.05) is 65.7 Å². The Bertz CT molecular complexity index is 805. The van der Waals surface area contributed by atoms with Gasteiger partial charge < -0.3 is 19.3 Å². The van der Waals surface area contributed by atoms with E-state index in [2.05, 4.69) is 25.7 Å². The highest BCUT2D eigenvalue weighted by atomic mass is 16.5. The van der Waals surface area contributed by atoms with Crippen LogP contribution in [0.15, 0.2) is 0 Å². The van der Waals surface area contributed by atoms with Crippen LogP contribution >= 0.6 is 0 Å². The van der Waals surface area contributed by atoms with Crippen LogP contribution in [0.5, 0.6) is 0 Å². The van der Waals surface area contributed by atoms with Gasteiger partial charge in [0, 0.05) is 13.2 Å². The van der Waals surface area contributed by atoms with Gasteiger partial charge in [-0.1, -0.05) is 175 Å². The number of unbranched alkanes of at least 4 members (excludes halogenated alkanes) is 25. The van der Waals surface area contributed by atoms with Gasteiger partial charge in [-0.05, 0) is 51.6 Å². The average molecular weight is 783 g/mol. The van der Waals surface area contributed by atoms with Crippen molar-refractivity contribution in [3.63, 3.8) is 0 Å². The van der Waals surface area contributed by atoms with Crippen molar-refractivity contribution >= 4 is 17.9 Å². The first-order chi connectivity index (χ1) is 27.0. The summed E-state index contributed by atoms with van der Waals surface area (Å²) in [6, 6.07) is 0. The minimum absolute atomic E-state index is 0.0376. The van der Waals surface area contributed by atoms with E-state index in [1.165, 1.54) is 135 Å². The molecular formula is C46H90N2O7. The molecule has 0 spiro atoms. The number of ether oxygens (including phenoxy) is 3.